The minimum absolute atomic E-state index is 0.781. The van der Waals surface area contributed by atoms with E-state index in [2.05, 4.69) is 17.0 Å². The Morgan fingerprint density at radius 1 is 1.04 bits per heavy atom. The van der Waals surface area contributed by atoms with E-state index in [1.165, 1.54) is 5.56 Å². The second-order valence-corrected chi connectivity index (χ2v) is 8.94. The predicted octanol–water partition coefficient (Wildman–Crippen LogP) is 3.00. The van der Waals surface area contributed by atoms with Crippen LogP contribution in [0.15, 0.2) is 18.2 Å². The lowest BCUT2D eigenvalue weighted by atomic mass is 10.1. The van der Waals surface area contributed by atoms with Gasteiger partial charge < -0.3 is 13.3 Å². The second kappa shape index (κ2) is 8.02. The van der Waals surface area contributed by atoms with Crippen LogP contribution < -0.4 is 0 Å². The quantitative estimate of drug-likeness (QED) is 0.686. The van der Waals surface area contributed by atoms with Crippen molar-refractivity contribution in [2.75, 3.05) is 21.3 Å². The van der Waals surface area contributed by atoms with E-state index in [4.69, 9.17) is 13.3 Å². The number of rotatable bonds is 8. The first-order chi connectivity index (χ1) is 11.5. The number of aryl methyl sites for hydroxylation is 2. The molecule has 0 radical (unpaired) electrons. The third-order valence-electron chi connectivity index (χ3n) is 4.37. The molecule has 0 unspecified atom stereocenters. The lowest BCUT2D eigenvalue weighted by molar-refractivity contribution is 0.123. The summed E-state index contributed by atoms with van der Waals surface area (Å²) in [6, 6.07) is 6.75. The molecule has 24 heavy (non-hydrogen) atoms. The van der Waals surface area contributed by atoms with Gasteiger partial charge in [-0.2, -0.15) is 5.10 Å². The van der Waals surface area contributed by atoms with E-state index in [1.807, 2.05) is 36.7 Å². The molecule has 0 fully saturated rings. The minimum Gasteiger partial charge on any atom is -0.377 e. The molecule has 0 amide bonds. The van der Waals surface area contributed by atoms with Crippen LogP contribution in [0.3, 0.4) is 0 Å². The van der Waals surface area contributed by atoms with Gasteiger partial charge in [0.05, 0.1) is 5.69 Å². The Bertz CT molecular complexity index is 675. The van der Waals surface area contributed by atoms with Crippen molar-refractivity contribution in [1.82, 2.24) is 14.8 Å². The summed E-state index contributed by atoms with van der Waals surface area (Å²) in [5, 5.41) is 4.67. The molecule has 0 saturated heterocycles. The Morgan fingerprint density at radius 3 is 2.29 bits per heavy atom. The molecule has 0 bridgehead atoms. The summed E-state index contributed by atoms with van der Waals surface area (Å²) >= 11 is 0. The summed E-state index contributed by atoms with van der Waals surface area (Å²) in [6.07, 6.45) is 1.84. The monoisotopic (exact) mass is 349 g/mol. The van der Waals surface area contributed by atoms with Gasteiger partial charge in [0, 0.05) is 38.8 Å². The van der Waals surface area contributed by atoms with E-state index in [0.717, 1.165) is 41.8 Å². The maximum Gasteiger partial charge on any atom is 0.500 e. The third-order valence-corrected chi connectivity index (χ3v) is 7.21. The fraction of sp³-hybridized carbons (Fsp3) is 0.529. The molecular weight excluding hydrogens is 322 g/mol. The Morgan fingerprint density at radius 2 is 1.71 bits per heavy atom. The van der Waals surface area contributed by atoms with Gasteiger partial charge in [-0.1, -0.05) is 6.07 Å². The summed E-state index contributed by atoms with van der Waals surface area (Å²) in [5.41, 5.74) is 4.41. The molecule has 0 spiro atoms. The maximum atomic E-state index is 5.49. The predicted molar refractivity (Wildman–Crippen MR) is 95.5 cm³/mol. The molecular formula is C17H27N3O3Si. The topological polar surface area (TPSA) is 58.4 Å². The van der Waals surface area contributed by atoms with E-state index < -0.39 is 8.80 Å². The van der Waals surface area contributed by atoms with Gasteiger partial charge in [-0.15, -0.1) is 0 Å². The molecule has 7 heteroatoms. The molecule has 0 saturated carbocycles. The number of hydrogen-bond acceptors (Lipinski definition) is 5. The van der Waals surface area contributed by atoms with Crippen LogP contribution in [0.1, 0.15) is 29.1 Å². The number of pyridine rings is 1. The van der Waals surface area contributed by atoms with Crippen molar-refractivity contribution in [3.05, 3.63) is 40.8 Å². The molecule has 2 aromatic heterocycles. The van der Waals surface area contributed by atoms with Gasteiger partial charge in [-0.3, -0.25) is 0 Å². The maximum absolute atomic E-state index is 5.49. The largest absolute Gasteiger partial charge is 0.500 e. The standard InChI is InChI=1S/C17H27N3O3Si/c1-13-9-7-11-17(18-13)20-15(3)16(14(2)19-20)10-8-12-24(21-4,22-5)23-6/h7,9,11H,8,10,12H2,1-6H3. The van der Waals surface area contributed by atoms with Crippen molar-refractivity contribution in [2.24, 2.45) is 0 Å². The Balaban J connectivity index is 2.15. The molecule has 6 nitrogen and oxygen atoms in total. The Kier molecular flexibility index (Phi) is 6.28. The van der Waals surface area contributed by atoms with Crippen molar-refractivity contribution >= 4 is 8.80 Å². The van der Waals surface area contributed by atoms with Crippen molar-refractivity contribution in [3.63, 3.8) is 0 Å². The molecule has 0 aromatic carbocycles. The molecule has 0 aliphatic rings. The molecule has 0 aliphatic heterocycles. The molecule has 0 atom stereocenters. The highest BCUT2D eigenvalue weighted by atomic mass is 28.4. The van der Waals surface area contributed by atoms with Crippen molar-refractivity contribution in [1.29, 1.82) is 0 Å². The lowest BCUT2D eigenvalue weighted by Gasteiger charge is -2.24. The first-order valence-corrected chi connectivity index (χ1v) is 10.0. The van der Waals surface area contributed by atoms with Crippen molar-refractivity contribution in [2.45, 2.75) is 39.7 Å². The smallest absolute Gasteiger partial charge is 0.377 e. The van der Waals surface area contributed by atoms with Crippen molar-refractivity contribution < 1.29 is 13.3 Å². The summed E-state index contributed by atoms with van der Waals surface area (Å²) in [5.74, 6) is 0.858. The van der Waals surface area contributed by atoms with Gasteiger partial charge in [0.15, 0.2) is 5.82 Å². The Labute approximate surface area is 145 Å². The fourth-order valence-corrected chi connectivity index (χ4v) is 4.67. The van der Waals surface area contributed by atoms with Crippen LogP contribution in [0.25, 0.3) is 5.82 Å². The normalized spacial score (nSPS) is 11.9. The first-order valence-electron chi connectivity index (χ1n) is 8.11. The van der Waals surface area contributed by atoms with Gasteiger partial charge in [0.25, 0.3) is 0 Å². The van der Waals surface area contributed by atoms with Gasteiger partial charge in [0.1, 0.15) is 0 Å². The molecule has 2 aromatic rings. The van der Waals surface area contributed by atoms with E-state index in [9.17, 15) is 0 Å². The SMILES string of the molecule is CO[Si](CCCc1c(C)nn(-c2cccc(C)n2)c1C)(OC)OC. The van der Waals surface area contributed by atoms with Crippen LogP contribution in [0.4, 0.5) is 0 Å². The van der Waals surface area contributed by atoms with Crippen molar-refractivity contribution in [3.8, 4) is 5.82 Å². The molecule has 132 valence electrons. The fourth-order valence-electron chi connectivity index (χ4n) is 2.94. The lowest BCUT2D eigenvalue weighted by Crippen LogP contribution is -2.42. The number of aromatic nitrogens is 3. The van der Waals surface area contributed by atoms with E-state index in [0.29, 0.717) is 0 Å². The van der Waals surface area contributed by atoms with Crippen LogP contribution in [0.2, 0.25) is 6.04 Å². The minimum atomic E-state index is -2.51. The highest BCUT2D eigenvalue weighted by Crippen LogP contribution is 2.22. The zero-order chi connectivity index (χ0) is 17.7. The zero-order valence-corrected chi connectivity index (χ0v) is 16.4. The third kappa shape index (κ3) is 3.92. The molecule has 2 rings (SSSR count). The van der Waals surface area contributed by atoms with E-state index in [1.54, 1.807) is 21.3 Å². The van der Waals surface area contributed by atoms with Gasteiger partial charge in [0.2, 0.25) is 0 Å². The zero-order valence-electron chi connectivity index (χ0n) is 15.4. The highest BCUT2D eigenvalue weighted by molar-refractivity contribution is 6.60. The van der Waals surface area contributed by atoms with Crippen LogP contribution in [0, 0.1) is 20.8 Å². The molecule has 0 N–H and O–H groups in total. The number of nitrogens with zero attached hydrogens (tertiary/aromatic N) is 3. The molecule has 0 aliphatic carbocycles. The summed E-state index contributed by atoms with van der Waals surface area (Å²) in [7, 11) is 2.44. The van der Waals surface area contributed by atoms with E-state index >= 15 is 0 Å². The Hall–Kier alpha value is -1.54. The van der Waals surface area contributed by atoms with Crippen LogP contribution in [-0.4, -0.2) is 44.9 Å². The van der Waals surface area contributed by atoms with Crippen LogP contribution >= 0.6 is 0 Å². The van der Waals surface area contributed by atoms with Gasteiger partial charge in [-0.25, -0.2) is 9.67 Å². The van der Waals surface area contributed by atoms with Gasteiger partial charge in [-0.05, 0) is 51.3 Å². The summed E-state index contributed by atoms with van der Waals surface area (Å²) in [6.45, 7) is 6.12. The average molecular weight is 350 g/mol. The first kappa shape index (κ1) is 18.8. The molecule has 2 heterocycles. The van der Waals surface area contributed by atoms with Crippen LogP contribution in [-0.2, 0) is 19.7 Å². The summed E-state index contributed by atoms with van der Waals surface area (Å²) < 4.78 is 18.4. The number of hydrogen-bond donors (Lipinski definition) is 0. The average Bonchev–Trinajstić information content (AvgIpc) is 2.87. The second-order valence-electron chi connectivity index (χ2n) is 5.85. The summed E-state index contributed by atoms with van der Waals surface area (Å²) in [4.78, 5) is 4.57. The van der Waals surface area contributed by atoms with Crippen LogP contribution in [0.5, 0.6) is 0 Å². The van der Waals surface area contributed by atoms with E-state index in [-0.39, 0.29) is 0 Å². The highest BCUT2D eigenvalue weighted by Gasteiger charge is 2.37. The van der Waals surface area contributed by atoms with Gasteiger partial charge >= 0.3 is 8.80 Å².